The predicted octanol–water partition coefficient (Wildman–Crippen LogP) is 26.6. The van der Waals surface area contributed by atoms with Gasteiger partial charge in [-0.15, -0.1) is 0 Å². The third kappa shape index (κ3) is 13.3. The lowest BCUT2D eigenvalue weighted by atomic mass is 9.91. The third-order valence-corrected chi connectivity index (χ3v) is 25.0. The van der Waals surface area contributed by atoms with Gasteiger partial charge in [0.05, 0.1) is 67.6 Å². The molecule has 0 saturated heterocycles. The van der Waals surface area contributed by atoms with Crippen LogP contribution in [0, 0.1) is 27.7 Å². The lowest BCUT2D eigenvalue weighted by Crippen LogP contribution is -2.17. The van der Waals surface area contributed by atoms with Crippen molar-refractivity contribution in [2.75, 3.05) is 0 Å². The molecule has 128 heavy (non-hydrogen) atoms. The number of hydrogen-bond donors (Lipinski definition) is 2. The first-order valence-corrected chi connectivity index (χ1v) is 42.1. The Labute approximate surface area is 733 Å². The van der Waals surface area contributed by atoms with E-state index in [0.717, 1.165) is 61.7 Å². The van der Waals surface area contributed by atoms with E-state index in [1.165, 1.54) is 0 Å². The molecule has 21 rings (SSSR count). The monoisotopic (exact) mass is 1690 g/mol. The highest BCUT2D eigenvalue weighted by molar-refractivity contribution is 6.43. The fourth-order valence-corrected chi connectivity index (χ4v) is 19.2. The van der Waals surface area contributed by atoms with Crippen molar-refractivity contribution in [3.05, 3.63) is 382 Å². The summed E-state index contributed by atoms with van der Waals surface area (Å²) in [5.41, 5.74) is 25.4. The number of benzene rings is 8. The zero-order valence-corrected chi connectivity index (χ0v) is 70.5. The molecule has 12 heterocycles. The van der Waals surface area contributed by atoms with Gasteiger partial charge in [-0.1, -0.05) is 194 Å². The van der Waals surface area contributed by atoms with Crippen molar-refractivity contribution in [3.8, 4) is 89.5 Å². The Morgan fingerprint density at radius 2 is 0.445 bits per heavy atom. The minimum Gasteiger partial charge on any atom is -0.353 e. The van der Waals surface area contributed by atoms with Crippen LogP contribution >= 0.6 is 0 Å². The number of aromatic amines is 2. The van der Waals surface area contributed by atoms with Crippen LogP contribution < -0.4 is 0 Å². The molecule has 0 radical (unpaired) electrons. The molecule has 1 aliphatic carbocycles. The molecule has 0 unspecified atom stereocenters. The number of hydrogen-bond acceptors (Lipinski definition) is 6. The first-order valence-electron chi connectivity index (χ1n) is 42.1. The smallest absolute Gasteiger partial charge is 0.353 e. The summed E-state index contributed by atoms with van der Waals surface area (Å²) in [6.07, 6.45) is 14.9. The summed E-state index contributed by atoms with van der Waals surface area (Å²) in [6, 6.07) is 77.8. The van der Waals surface area contributed by atoms with E-state index in [1.807, 2.05) is 222 Å². The number of aromatic nitrogens is 8. The maximum atomic E-state index is 15.5. The van der Waals surface area contributed by atoms with E-state index < -0.39 is 29.6 Å². The van der Waals surface area contributed by atoms with Gasteiger partial charge < -0.3 is 27.9 Å². The van der Waals surface area contributed by atoms with Crippen molar-refractivity contribution >= 4 is 118 Å². The molecule has 8 bridgehead atoms. The van der Waals surface area contributed by atoms with Crippen molar-refractivity contribution in [1.82, 2.24) is 37.8 Å². The second-order valence-corrected chi connectivity index (χ2v) is 32.8. The fraction of sp³-hybridized carbons (Fsp3) is 0.0769. The zero-order chi connectivity index (χ0) is 87.9. The standard InChI is InChI=1S/C104H74B4F8N12/c1-57-25-49-81(117-57)89(85-53-29-61(5)125(85)105(109)110)65-33-41-69(42-34-65)93-97-73-17-9-11-19-75(73)99(121-97)94(70-43-35-66(36-44-70)90(82-50-26-58(2)118-82)86-54-30-62(6)126(86)106(111)112)101-77-21-13-15-23-79(77)103(123-101)96(72-47-39-68(40-48-72)92(84-52-28-60(4)120-84)88-56-32-64(8)128(88)108(115)116)104-80-24-16-14-22-78(80)102(124-104)95(100-76-20-12-10-18-74(76)98(93)122-100)71-45-37-67(38-46-71)91(83-51-27-59(3)119-83)87-55-31-63(7)127(87)107(113)114/h9-56,121,124H,1-8H3/b89-81-,90-82+,91-83-,92-84+,97-93?,98-93?,99-94?,100-95?,101-94?,102-95?,103-96?,104-96?. The van der Waals surface area contributed by atoms with Crippen LogP contribution in [0.1, 0.15) is 95.5 Å². The molecule has 6 aromatic heterocycles. The average Bonchev–Trinajstić information content (AvgIpc) is 1.55. The molecule has 14 aromatic rings. The second kappa shape index (κ2) is 31.5. The largest absolute Gasteiger partial charge is 0.677 e. The van der Waals surface area contributed by atoms with Crippen LogP contribution in [0.2, 0.25) is 0 Å². The summed E-state index contributed by atoms with van der Waals surface area (Å²) in [4.78, 5) is 40.3. The van der Waals surface area contributed by atoms with Gasteiger partial charge in [-0.05, 0) is 197 Å². The normalized spacial score (nSPS) is 15.3. The average molecular weight is 1690 g/mol. The molecule has 24 heteroatoms. The molecular weight excluding hydrogens is 1610 g/mol. The van der Waals surface area contributed by atoms with Crippen molar-refractivity contribution in [2.45, 2.75) is 55.4 Å². The Kier molecular flexibility index (Phi) is 19.7. The number of aliphatic imine (C=N–C) groups is 4. The summed E-state index contributed by atoms with van der Waals surface area (Å²) in [5, 5.41) is 3.15. The van der Waals surface area contributed by atoms with Crippen LogP contribution in [0.3, 0.4) is 0 Å². The van der Waals surface area contributed by atoms with Crippen molar-refractivity contribution in [1.29, 1.82) is 0 Å². The van der Waals surface area contributed by atoms with Gasteiger partial charge in [-0.25, -0.2) is 9.97 Å². The van der Waals surface area contributed by atoms with Crippen LogP contribution in [0.5, 0.6) is 0 Å². The van der Waals surface area contributed by atoms with Crippen molar-refractivity contribution in [2.24, 2.45) is 20.0 Å². The summed E-state index contributed by atoms with van der Waals surface area (Å²) in [7, 11) is -11.5. The van der Waals surface area contributed by atoms with Gasteiger partial charge in [-0.3, -0.25) is 54.5 Å². The molecular formula is C104H74B4F8N12. The van der Waals surface area contributed by atoms with Crippen LogP contribution in [0.25, 0.3) is 155 Å². The predicted molar refractivity (Wildman–Crippen MR) is 510 cm³/mol. The van der Waals surface area contributed by atoms with E-state index in [4.69, 9.17) is 29.9 Å². The summed E-state index contributed by atoms with van der Waals surface area (Å²) in [6.45, 7) is 14.1. The van der Waals surface area contributed by atoms with Crippen LogP contribution in [-0.2, 0) is 0 Å². The van der Waals surface area contributed by atoms with Crippen LogP contribution in [0.15, 0.2) is 334 Å². The van der Waals surface area contributed by atoms with Gasteiger partial charge in [0.2, 0.25) is 0 Å². The molecule has 618 valence electrons. The summed E-state index contributed by atoms with van der Waals surface area (Å²) in [5.74, 6) is 0. The summed E-state index contributed by atoms with van der Waals surface area (Å²) >= 11 is 0. The highest BCUT2D eigenvalue weighted by atomic mass is 19.3. The van der Waals surface area contributed by atoms with Gasteiger partial charge >= 0.3 is 29.6 Å². The molecule has 8 aromatic carbocycles. The first kappa shape index (κ1) is 80.0. The summed E-state index contributed by atoms with van der Waals surface area (Å²) < 4.78 is 128. The van der Waals surface area contributed by atoms with E-state index in [9.17, 15) is 0 Å². The highest BCUT2D eigenvalue weighted by Gasteiger charge is 2.36. The molecule has 0 amide bonds. The molecule has 0 spiro atoms. The molecule has 7 aliphatic rings. The van der Waals surface area contributed by atoms with E-state index in [-0.39, 0.29) is 22.8 Å². The van der Waals surface area contributed by atoms with Gasteiger partial charge in [0.25, 0.3) is 0 Å². The van der Waals surface area contributed by atoms with E-state index in [1.54, 1.807) is 76.2 Å². The fourth-order valence-electron chi connectivity index (χ4n) is 19.2. The maximum absolute atomic E-state index is 15.5. The van der Waals surface area contributed by atoms with Gasteiger partial charge in [0.1, 0.15) is 0 Å². The minimum atomic E-state index is -2.87. The number of aryl methyl sites for hydroxylation is 4. The molecule has 12 nitrogen and oxygen atoms in total. The maximum Gasteiger partial charge on any atom is 0.677 e. The number of nitrogens with zero attached hydrogens (tertiary/aromatic N) is 10. The van der Waals surface area contributed by atoms with Gasteiger partial charge in [0, 0.05) is 157 Å². The van der Waals surface area contributed by atoms with Crippen LogP contribution in [-0.4, -0.2) is 90.3 Å². The number of H-pyrrole nitrogens is 2. The Morgan fingerprint density at radius 3 is 0.633 bits per heavy atom. The van der Waals surface area contributed by atoms with E-state index >= 15 is 34.5 Å². The van der Waals surface area contributed by atoms with Crippen LogP contribution in [0.4, 0.5) is 34.5 Å². The lowest BCUT2D eigenvalue weighted by molar-refractivity contribution is 0.623. The zero-order valence-electron chi connectivity index (χ0n) is 70.5. The number of nitrogens with one attached hydrogen (secondary N) is 2. The van der Waals surface area contributed by atoms with Crippen molar-refractivity contribution < 1.29 is 34.5 Å². The lowest BCUT2D eigenvalue weighted by Gasteiger charge is -2.15. The molecule has 0 saturated carbocycles. The van der Waals surface area contributed by atoms with E-state index in [0.29, 0.717) is 202 Å². The quantitative estimate of drug-likeness (QED) is 0.0738. The first-order chi connectivity index (χ1) is 62.1. The highest BCUT2D eigenvalue weighted by Crippen LogP contribution is 2.54. The number of rotatable bonds is 16. The minimum absolute atomic E-state index is 0.288. The molecule has 0 atom stereocenters. The van der Waals surface area contributed by atoms with E-state index in [2.05, 4.69) is 58.5 Å². The van der Waals surface area contributed by atoms with Gasteiger partial charge in [0.15, 0.2) is 0 Å². The Hall–Kier alpha value is -15.2. The third-order valence-electron chi connectivity index (χ3n) is 25.0. The topological polar surface area (TPSA) is 127 Å². The second-order valence-electron chi connectivity index (χ2n) is 32.8. The Balaban J connectivity index is 0.925. The van der Waals surface area contributed by atoms with Crippen molar-refractivity contribution in [3.63, 3.8) is 0 Å². The number of halogens is 8. The van der Waals surface area contributed by atoms with Gasteiger partial charge in [-0.2, -0.15) is 0 Å². The molecule has 0 fully saturated rings. The molecule has 6 aliphatic heterocycles. The molecule has 2 N–H and O–H groups in total. The Morgan fingerprint density at radius 1 is 0.242 bits per heavy atom. The SMILES string of the molecule is CC1=N/C(=C(/c2ccc(-c3c4nc(c(-c5ccc(/C(=C6\C=CC(C)=N6)c6ccc(C)n6B(F)F)cc5)c5[nH]c(c(-c6ccc(/C(=C7/C=CC(C)=N7)c7ccc(C)n7B(F)F)cc6)c6nc(c(-c7ccc(/C(=C8/C=CC(C)=N8)c8ccc(C)n8B(F)F)cc7)c7[nH]c3c3ccccc73)-c3ccccc3-6)c3ccccc53)-c3ccccc3-4)cc2)c2ccc(C)n2B(F)F)C=C1. The Bertz CT molecular complexity index is 6970. The number of allylic oxidation sites excluding steroid dienone is 8.